The molecule has 0 radical (unpaired) electrons. The largest absolute Gasteiger partial charge is 0.480 e. The van der Waals surface area contributed by atoms with Gasteiger partial charge < -0.3 is 10.4 Å². The average molecular weight is 197 g/mol. The van der Waals surface area contributed by atoms with E-state index in [0.29, 0.717) is 12.8 Å². The molecule has 2 aliphatic rings. The van der Waals surface area contributed by atoms with Gasteiger partial charge in [0.15, 0.2) is 0 Å². The fourth-order valence-electron chi connectivity index (χ4n) is 2.59. The van der Waals surface area contributed by atoms with Crippen LogP contribution in [-0.4, -0.2) is 22.5 Å². The van der Waals surface area contributed by atoms with Crippen LogP contribution in [-0.2, 0) is 9.59 Å². The number of carbonyl (C=O) groups excluding carboxylic acids is 1. The molecule has 4 heteroatoms. The second-order valence-electron chi connectivity index (χ2n) is 5.00. The minimum absolute atomic E-state index is 0.117. The lowest BCUT2D eigenvalue weighted by Gasteiger charge is -2.39. The van der Waals surface area contributed by atoms with Crippen molar-refractivity contribution < 1.29 is 14.7 Å². The highest BCUT2D eigenvalue weighted by molar-refractivity contribution is 5.92. The van der Waals surface area contributed by atoms with E-state index in [9.17, 15) is 9.59 Å². The Kier molecular flexibility index (Phi) is 1.69. The lowest BCUT2D eigenvalue weighted by molar-refractivity contribution is -0.152. The number of piperidine rings is 1. The first kappa shape index (κ1) is 9.49. The summed E-state index contributed by atoms with van der Waals surface area (Å²) < 4.78 is 0. The number of carbonyl (C=O) groups is 2. The molecule has 2 bridgehead atoms. The minimum atomic E-state index is -0.961. The standard InChI is InChI=1S/C10H15NO3/c1-9(2)6-3-4-10(5-6,8(13)14)11-7(9)12/h6H,3-5H2,1-2H3,(H,11,12)(H,13,14)/t6-,10+/m1/s1. The van der Waals surface area contributed by atoms with Crippen LogP contribution in [0.2, 0.25) is 0 Å². The summed E-state index contributed by atoms with van der Waals surface area (Å²) in [5.74, 6) is -0.787. The number of aliphatic carboxylic acids is 1. The topological polar surface area (TPSA) is 66.4 Å². The summed E-state index contributed by atoms with van der Waals surface area (Å²) in [6, 6.07) is 0. The maximum absolute atomic E-state index is 11.7. The maximum Gasteiger partial charge on any atom is 0.329 e. The molecule has 1 saturated heterocycles. The summed E-state index contributed by atoms with van der Waals surface area (Å²) in [4.78, 5) is 22.8. The Balaban J connectivity index is 2.34. The van der Waals surface area contributed by atoms with Crippen molar-refractivity contribution in [2.24, 2.45) is 11.3 Å². The van der Waals surface area contributed by atoms with E-state index in [0.717, 1.165) is 6.42 Å². The number of carboxylic acids is 1. The van der Waals surface area contributed by atoms with Crippen LogP contribution in [0.25, 0.3) is 0 Å². The molecule has 0 aromatic carbocycles. The van der Waals surface area contributed by atoms with Gasteiger partial charge in [0.05, 0.1) is 0 Å². The van der Waals surface area contributed by atoms with Crippen LogP contribution in [0.15, 0.2) is 0 Å². The summed E-state index contributed by atoms with van der Waals surface area (Å²) >= 11 is 0. The van der Waals surface area contributed by atoms with Crippen molar-refractivity contribution in [3.05, 3.63) is 0 Å². The molecule has 1 aliphatic heterocycles. The monoisotopic (exact) mass is 197 g/mol. The van der Waals surface area contributed by atoms with E-state index < -0.39 is 16.9 Å². The maximum atomic E-state index is 11.7. The molecular weight excluding hydrogens is 182 g/mol. The molecule has 0 aromatic rings. The number of carboxylic acid groups (broad SMARTS) is 1. The molecular formula is C10H15NO3. The van der Waals surface area contributed by atoms with Gasteiger partial charge in [0.1, 0.15) is 5.54 Å². The normalized spacial score (nSPS) is 39.3. The Hall–Kier alpha value is -1.06. The van der Waals surface area contributed by atoms with Gasteiger partial charge in [-0.2, -0.15) is 0 Å². The number of rotatable bonds is 1. The molecule has 4 nitrogen and oxygen atoms in total. The molecule has 1 heterocycles. The minimum Gasteiger partial charge on any atom is -0.480 e. The zero-order valence-corrected chi connectivity index (χ0v) is 8.46. The third kappa shape index (κ3) is 0.996. The Bertz CT molecular complexity index is 310. The molecule has 2 rings (SSSR count). The number of hydrogen-bond donors (Lipinski definition) is 2. The Morgan fingerprint density at radius 3 is 2.79 bits per heavy atom. The third-order valence-electron chi connectivity index (χ3n) is 3.88. The van der Waals surface area contributed by atoms with Gasteiger partial charge in [0.25, 0.3) is 0 Å². The van der Waals surface area contributed by atoms with Crippen molar-refractivity contribution in [1.82, 2.24) is 5.32 Å². The number of nitrogens with one attached hydrogen (secondary N) is 1. The first-order valence-electron chi connectivity index (χ1n) is 4.94. The van der Waals surface area contributed by atoms with Crippen molar-refractivity contribution >= 4 is 11.9 Å². The number of amides is 1. The SMILES string of the molecule is CC1(C)C(=O)N[C@@]2(C(=O)O)CC[C@@H]1C2. The van der Waals surface area contributed by atoms with Crippen LogP contribution in [0.5, 0.6) is 0 Å². The van der Waals surface area contributed by atoms with Crippen LogP contribution < -0.4 is 5.32 Å². The van der Waals surface area contributed by atoms with E-state index in [1.165, 1.54) is 0 Å². The van der Waals surface area contributed by atoms with Crippen LogP contribution in [0.3, 0.4) is 0 Å². The Labute approximate surface area is 82.7 Å². The number of hydrogen-bond acceptors (Lipinski definition) is 2. The predicted molar refractivity (Wildman–Crippen MR) is 49.6 cm³/mol. The van der Waals surface area contributed by atoms with Gasteiger partial charge in [0.2, 0.25) is 5.91 Å². The second-order valence-corrected chi connectivity index (χ2v) is 5.00. The van der Waals surface area contributed by atoms with E-state index in [-0.39, 0.29) is 11.8 Å². The fourth-order valence-corrected chi connectivity index (χ4v) is 2.59. The first-order chi connectivity index (χ1) is 6.38. The predicted octanol–water partition coefficient (Wildman–Crippen LogP) is 0.766. The van der Waals surface area contributed by atoms with Crippen molar-refractivity contribution in [3.8, 4) is 0 Å². The van der Waals surface area contributed by atoms with Crippen LogP contribution in [0, 0.1) is 11.3 Å². The van der Waals surface area contributed by atoms with E-state index in [2.05, 4.69) is 5.32 Å². The fraction of sp³-hybridized carbons (Fsp3) is 0.800. The summed E-state index contributed by atoms with van der Waals surface area (Å²) in [5, 5.41) is 11.8. The van der Waals surface area contributed by atoms with Gasteiger partial charge in [-0.25, -0.2) is 4.79 Å². The van der Waals surface area contributed by atoms with E-state index in [1.54, 1.807) is 0 Å². The summed E-state index contributed by atoms with van der Waals surface area (Å²) in [7, 11) is 0. The van der Waals surface area contributed by atoms with Gasteiger partial charge in [-0.1, -0.05) is 13.8 Å². The highest BCUT2D eigenvalue weighted by Gasteiger charge is 2.57. The van der Waals surface area contributed by atoms with Gasteiger partial charge in [-0.05, 0) is 25.2 Å². The lowest BCUT2D eigenvalue weighted by Crippen LogP contribution is -2.60. The molecule has 0 aromatic heterocycles. The molecule has 78 valence electrons. The van der Waals surface area contributed by atoms with Crippen LogP contribution in [0.1, 0.15) is 33.1 Å². The second kappa shape index (κ2) is 2.49. The zero-order chi connectivity index (χ0) is 10.6. The van der Waals surface area contributed by atoms with E-state index >= 15 is 0 Å². The lowest BCUT2D eigenvalue weighted by atomic mass is 9.73. The van der Waals surface area contributed by atoms with Crippen molar-refractivity contribution in [2.45, 2.75) is 38.6 Å². The Morgan fingerprint density at radius 1 is 1.57 bits per heavy atom. The highest BCUT2D eigenvalue weighted by atomic mass is 16.4. The van der Waals surface area contributed by atoms with Crippen molar-refractivity contribution in [2.75, 3.05) is 0 Å². The van der Waals surface area contributed by atoms with Crippen molar-refractivity contribution in [3.63, 3.8) is 0 Å². The van der Waals surface area contributed by atoms with Crippen LogP contribution in [0.4, 0.5) is 0 Å². The molecule has 1 saturated carbocycles. The summed E-state index contributed by atoms with van der Waals surface area (Å²) in [6.45, 7) is 3.79. The van der Waals surface area contributed by atoms with E-state index in [1.807, 2.05) is 13.8 Å². The molecule has 2 N–H and O–H groups in total. The van der Waals surface area contributed by atoms with Gasteiger partial charge in [-0.3, -0.25) is 4.79 Å². The van der Waals surface area contributed by atoms with Gasteiger partial charge >= 0.3 is 5.97 Å². The molecule has 1 amide bonds. The highest BCUT2D eigenvalue weighted by Crippen LogP contribution is 2.48. The van der Waals surface area contributed by atoms with Crippen molar-refractivity contribution in [1.29, 1.82) is 0 Å². The third-order valence-corrected chi connectivity index (χ3v) is 3.88. The van der Waals surface area contributed by atoms with Crippen LogP contribution >= 0.6 is 0 Å². The zero-order valence-electron chi connectivity index (χ0n) is 8.46. The smallest absolute Gasteiger partial charge is 0.329 e. The summed E-state index contributed by atoms with van der Waals surface area (Å²) in [6.07, 6.45) is 1.99. The quantitative estimate of drug-likeness (QED) is 0.652. The van der Waals surface area contributed by atoms with Gasteiger partial charge in [0, 0.05) is 5.41 Å². The van der Waals surface area contributed by atoms with Gasteiger partial charge in [-0.15, -0.1) is 0 Å². The Morgan fingerprint density at radius 2 is 2.21 bits per heavy atom. The molecule has 14 heavy (non-hydrogen) atoms. The van der Waals surface area contributed by atoms with E-state index in [4.69, 9.17) is 5.11 Å². The molecule has 1 aliphatic carbocycles. The molecule has 2 fully saturated rings. The summed E-state index contributed by atoms with van der Waals surface area (Å²) in [5.41, 5.74) is -1.37. The molecule has 2 atom stereocenters. The first-order valence-corrected chi connectivity index (χ1v) is 4.94. The molecule has 0 spiro atoms. The average Bonchev–Trinajstić information content (AvgIpc) is 2.46. The molecule has 0 unspecified atom stereocenters. The number of fused-ring (bicyclic) bond motifs is 2.